The van der Waals surface area contributed by atoms with E-state index in [-0.39, 0.29) is 18.4 Å². The van der Waals surface area contributed by atoms with Crippen molar-refractivity contribution in [2.45, 2.75) is 38.5 Å². The maximum absolute atomic E-state index is 12.0. The molecule has 7 heteroatoms. The first-order valence-corrected chi connectivity index (χ1v) is 10.5. The Hall–Kier alpha value is -2.67. The summed E-state index contributed by atoms with van der Waals surface area (Å²) >= 11 is 1.46. The fraction of sp³-hybridized carbons (Fsp3) is 0.381. The van der Waals surface area contributed by atoms with Gasteiger partial charge in [0.2, 0.25) is 5.91 Å². The maximum Gasteiger partial charge on any atom is 0.330 e. The highest BCUT2D eigenvalue weighted by atomic mass is 32.1. The zero-order valence-corrected chi connectivity index (χ0v) is 16.4. The molecular formula is C21H24N2O4S. The third kappa shape index (κ3) is 6.20. The van der Waals surface area contributed by atoms with Gasteiger partial charge in [0, 0.05) is 17.5 Å². The summed E-state index contributed by atoms with van der Waals surface area (Å²) in [6.45, 7) is -0.151. The number of carbonyl (C=O) groups excluding carboxylic acids is 3. The molecule has 2 aromatic rings. The van der Waals surface area contributed by atoms with Crippen molar-refractivity contribution in [3.63, 3.8) is 0 Å². The summed E-state index contributed by atoms with van der Waals surface area (Å²) in [5.41, 5.74) is 1.21. The van der Waals surface area contributed by atoms with E-state index in [1.54, 1.807) is 35.7 Å². The SMILES string of the molecule is O=C(CC1CCCCC1)NCC(=O)Oc1ccc(NC(=O)c2ccsc2)cc1. The van der Waals surface area contributed by atoms with Crippen molar-refractivity contribution in [1.82, 2.24) is 5.32 Å². The van der Waals surface area contributed by atoms with E-state index in [4.69, 9.17) is 4.74 Å². The van der Waals surface area contributed by atoms with Gasteiger partial charge in [-0.3, -0.25) is 9.59 Å². The van der Waals surface area contributed by atoms with E-state index < -0.39 is 5.97 Å². The van der Waals surface area contributed by atoms with Crippen LogP contribution in [0.3, 0.4) is 0 Å². The number of ether oxygens (including phenoxy) is 1. The van der Waals surface area contributed by atoms with Crippen LogP contribution in [0.15, 0.2) is 41.1 Å². The molecule has 0 saturated heterocycles. The monoisotopic (exact) mass is 400 g/mol. The predicted molar refractivity (Wildman–Crippen MR) is 109 cm³/mol. The summed E-state index contributed by atoms with van der Waals surface area (Å²) < 4.78 is 5.22. The summed E-state index contributed by atoms with van der Waals surface area (Å²) in [5.74, 6) is -0.0178. The second-order valence-corrected chi connectivity index (χ2v) is 7.73. The molecule has 0 aliphatic heterocycles. The molecule has 1 aliphatic rings. The molecule has 0 unspecified atom stereocenters. The van der Waals surface area contributed by atoms with Crippen molar-refractivity contribution in [3.05, 3.63) is 46.7 Å². The lowest BCUT2D eigenvalue weighted by Crippen LogP contribution is -2.33. The summed E-state index contributed by atoms with van der Waals surface area (Å²) in [6.07, 6.45) is 6.28. The van der Waals surface area contributed by atoms with Gasteiger partial charge in [-0.25, -0.2) is 4.79 Å². The predicted octanol–water partition coefficient (Wildman–Crippen LogP) is 3.99. The van der Waals surface area contributed by atoms with Gasteiger partial charge in [-0.1, -0.05) is 19.3 Å². The number of hydrogen-bond donors (Lipinski definition) is 2. The van der Waals surface area contributed by atoms with Crippen molar-refractivity contribution in [1.29, 1.82) is 0 Å². The average molecular weight is 401 g/mol. The number of hydrogen-bond acceptors (Lipinski definition) is 5. The molecule has 28 heavy (non-hydrogen) atoms. The first-order valence-electron chi connectivity index (χ1n) is 9.51. The Balaban J connectivity index is 1.40. The fourth-order valence-electron chi connectivity index (χ4n) is 3.27. The van der Waals surface area contributed by atoms with Gasteiger partial charge in [-0.05, 0) is 54.5 Å². The van der Waals surface area contributed by atoms with Crippen molar-refractivity contribution < 1.29 is 19.1 Å². The van der Waals surface area contributed by atoms with Gasteiger partial charge in [0.15, 0.2) is 0 Å². The minimum Gasteiger partial charge on any atom is -0.425 e. The molecule has 1 heterocycles. The van der Waals surface area contributed by atoms with Gasteiger partial charge in [-0.15, -0.1) is 0 Å². The van der Waals surface area contributed by atoms with Crippen molar-refractivity contribution in [3.8, 4) is 5.75 Å². The molecule has 0 bridgehead atoms. The molecule has 1 aliphatic carbocycles. The van der Waals surface area contributed by atoms with Crippen LogP contribution in [0.5, 0.6) is 5.75 Å². The van der Waals surface area contributed by atoms with E-state index in [1.165, 1.54) is 30.6 Å². The van der Waals surface area contributed by atoms with Crippen LogP contribution in [0.1, 0.15) is 48.9 Å². The molecule has 148 valence electrons. The highest BCUT2D eigenvalue weighted by molar-refractivity contribution is 7.08. The molecule has 3 rings (SSSR count). The molecule has 1 aromatic carbocycles. The molecule has 1 aromatic heterocycles. The molecule has 6 nitrogen and oxygen atoms in total. The lowest BCUT2D eigenvalue weighted by molar-refractivity contribution is -0.135. The number of carbonyl (C=O) groups is 3. The van der Waals surface area contributed by atoms with Crippen LogP contribution in [0.4, 0.5) is 5.69 Å². The van der Waals surface area contributed by atoms with Crippen LogP contribution in [0, 0.1) is 5.92 Å². The van der Waals surface area contributed by atoms with Crippen LogP contribution in [0.2, 0.25) is 0 Å². The summed E-state index contributed by atoms with van der Waals surface area (Å²) in [6, 6.07) is 8.28. The van der Waals surface area contributed by atoms with Crippen LogP contribution in [0.25, 0.3) is 0 Å². The van der Waals surface area contributed by atoms with Gasteiger partial charge in [0.05, 0.1) is 5.56 Å². The van der Waals surface area contributed by atoms with E-state index >= 15 is 0 Å². The van der Waals surface area contributed by atoms with Crippen LogP contribution >= 0.6 is 11.3 Å². The highest BCUT2D eigenvalue weighted by Crippen LogP contribution is 2.26. The molecule has 2 amide bonds. The Bertz CT molecular complexity index is 796. The van der Waals surface area contributed by atoms with E-state index in [2.05, 4.69) is 10.6 Å². The van der Waals surface area contributed by atoms with Crippen LogP contribution in [-0.4, -0.2) is 24.3 Å². The number of nitrogens with one attached hydrogen (secondary N) is 2. The van der Waals surface area contributed by atoms with E-state index in [9.17, 15) is 14.4 Å². The Kier molecular flexibility index (Phi) is 7.19. The summed E-state index contributed by atoms with van der Waals surface area (Å²) in [7, 11) is 0. The zero-order chi connectivity index (χ0) is 19.8. The van der Waals surface area contributed by atoms with Crippen molar-refractivity contribution >= 4 is 34.8 Å². The Morgan fingerprint density at radius 3 is 2.46 bits per heavy atom. The van der Waals surface area contributed by atoms with Gasteiger partial charge in [0.25, 0.3) is 5.91 Å². The molecule has 1 saturated carbocycles. The molecular weight excluding hydrogens is 376 g/mol. The topological polar surface area (TPSA) is 84.5 Å². The summed E-state index contributed by atoms with van der Waals surface area (Å²) in [5, 5.41) is 9.02. The number of esters is 1. The minimum absolute atomic E-state index is 0.102. The van der Waals surface area contributed by atoms with Crippen LogP contribution in [-0.2, 0) is 9.59 Å². The van der Waals surface area contributed by atoms with Crippen LogP contribution < -0.4 is 15.4 Å². The first-order chi connectivity index (χ1) is 13.6. The largest absolute Gasteiger partial charge is 0.425 e. The molecule has 1 fully saturated rings. The van der Waals surface area contributed by atoms with E-state index in [0.717, 1.165) is 12.8 Å². The first kappa shape index (κ1) is 20.1. The second-order valence-electron chi connectivity index (χ2n) is 6.95. The normalized spacial score (nSPS) is 14.3. The number of rotatable bonds is 7. The zero-order valence-electron chi connectivity index (χ0n) is 15.6. The smallest absolute Gasteiger partial charge is 0.330 e. The second kappa shape index (κ2) is 10.0. The van der Waals surface area contributed by atoms with Gasteiger partial charge < -0.3 is 15.4 Å². The molecule has 0 radical (unpaired) electrons. The maximum atomic E-state index is 12.0. The summed E-state index contributed by atoms with van der Waals surface area (Å²) in [4.78, 5) is 35.9. The van der Waals surface area contributed by atoms with Gasteiger partial charge in [-0.2, -0.15) is 11.3 Å². The number of anilines is 1. The highest BCUT2D eigenvalue weighted by Gasteiger charge is 2.17. The Labute approximate surface area is 168 Å². The van der Waals surface area contributed by atoms with E-state index in [1.807, 2.05) is 5.38 Å². The molecule has 0 atom stereocenters. The lowest BCUT2D eigenvalue weighted by Gasteiger charge is -2.20. The standard InChI is InChI=1S/C21H24N2O4S/c24-19(12-15-4-2-1-3-5-15)22-13-20(25)27-18-8-6-17(7-9-18)23-21(26)16-10-11-28-14-16/h6-11,14-15H,1-5,12-13H2,(H,22,24)(H,23,26). The average Bonchev–Trinajstić information content (AvgIpc) is 3.24. The van der Waals surface area contributed by atoms with Crippen molar-refractivity contribution in [2.75, 3.05) is 11.9 Å². The number of thiophene rings is 1. The van der Waals surface area contributed by atoms with Gasteiger partial charge >= 0.3 is 5.97 Å². The third-order valence-electron chi connectivity index (χ3n) is 4.76. The third-order valence-corrected chi connectivity index (χ3v) is 5.44. The Morgan fingerprint density at radius 2 is 1.79 bits per heavy atom. The molecule has 2 N–H and O–H groups in total. The lowest BCUT2D eigenvalue weighted by atomic mass is 9.87. The molecule has 0 spiro atoms. The van der Waals surface area contributed by atoms with Crippen molar-refractivity contribution in [2.24, 2.45) is 5.92 Å². The minimum atomic E-state index is -0.521. The number of benzene rings is 1. The Morgan fingerprint density at radius 1 is 1.04 bits per heavy atom. The quantitative estimate of drug-likeness (QED) is 0.544. The van der Waals surface area contributed by atoms with Gasteiger partial charge in [0.1, 0.15) is 12.3 Å². The number of amides is 2. The fourth-order valence-corrected chi connectivity index (χ4v) is 3.90. The van der Waals surface area contributed by atoms with E-state index in [0.29, 0.717) is 29.3 Å².